The summed E-state index contributed by atoms with van der Waals surface area (Å²) < 4.78 is 0. The van der Waals surface area contributed by atoms with Crippen LogP contribution in [0, 0.1) is 6.92 Å². The minimum Gasteiger partial charge on any atom is -0.345 e. The molecule has 0 aliphatic heterocycles. The Labute approximate surface area is 103 Å². The van der Waals surface area contributed by atoms with Crippen molar-refractivity contribution < 1.29 is 4.79 Å². The molecule has 0 saturated carbocycles. The Kier molecular flexibility index (Phi) is 3.39. The van der Waals surface area contributed by atoms with Gasteiger partial charge < -0.3 is 5.32 Å². The molecule has 0 atom stereocenters. The van der Waals surface area contributed by atoms with Gasteiger partial charge in [-0.3, -0.25) is 9.89 Å². The molecule has 0 bridgehead atoms. The topological polar surface area (TPSA) is 70.7 Å². The summed E-state index contributed by atoms with van der Waals surface area (Å²) in [4.78, 5) is 15.7. The molecular weight excluding hydrogens is 240 g/mol. The van der Waals surface area contributed by atoms with Gasteiger partial charge in [0.1, 0.15) is 12.2 Å². The van der Waals surface area contributed by atoms with E-state index in [9.17, 15) is 4.79 Å². The van der Waals surface area contributed by atoms with Gasteiger partial charge in [0.2, 0.25) is 0 Å². The van der Waals surface area contributed by atoms with Gasteiger partial charge >= 0.3 is 0 Å². The molecule has 0 radical (unpaired) electrons. The Balaban J connectivity index is 2.02. The Morgan fingerprint density at radius 3 is 3.00 bits per heavy atom. The van der Waals surface area contributed by atoms with Crippen LogP contribution in [0.4, 0.5) is 0 Å². The summed E-state index contributed by atoms with van der Waals surface area (Å²) in [5.74, 6) is 0.417. The first-order valence-corrected chi connectivity index (χ1v) is 5.43. The first-order chi connectivity index (χ1) is 8.16. The van der Waals surface area contributed by atoms with Crippen molar-refractivity contribution in [1.82, 2.24) is 20.5 Å². The summed E-state index contributed by atoms with van der Waals surface area (Å²) in [6, 6.07) is 5.19. The first-order valence-electron chi connectivity index (χ1n) is 5.05. The van der Waals surface area contributed by atoms with Crippen molar-refractivity contribution in [3.63, 3.8) is 0 Å². The largest absolute Gasteiger partial charge is 0.345 e. The minimum absolute atomic E-state index is 0.191. The monoisotopic (exact) mass is 250 g/mol. The van der Waals surface area contributed by atoms with Crippen LogP contribution in [0.25, 0.3) is 0 Å². The lowest BCUT2D eigenvalue weighted by atomic mass is 10.1. The first kappa shape index (κ1) is 11.6. The van der Waals surface area contributed by atoms with Crippen LogP contribution in [0.5, 0.6) is 0 Å². The Morgan fingerprint density at radius 2 is 2.35 bits per heavy atom. The lowest BCUT2D eigenvalue weighted by Gasteiger charge is -2.04. The molecule has 0 saturated heterocycles. The maximum Gasteiger partial charge on any atom is 0.251 e. The van der Waals surface area contributed by atoms with Crippen molar-refractivity contribution in [2.24, 2.45) is 0 Å². The van der Waals surface area contributed by atoms with Crippen molar-refractivity contribution >= 4 is 17.5 Å². The van der Waals surface area contributed by atoms with E-state index in [2.05, 4.69) is 20.5 Å². The van der Waals surface area contributed by atoms with Crippen molar-refractivity contribution in [2.75, 3.05) is 0 Å². The Morgan fingerprint density at radius 1 is 1.53 bits per heavy atom. The molecule has 5 nitrogen and oxygen atoms in total. The fraction of sp³-hybridized carbons (Fsp3) is 0.182. The normalized spacial score (nSPS) is 10.2. The Bertz CT molecular complexity index is 524. The maximum absolute atomic E-state index is 11.8. The molecule has 1 aromatic carbocycles. The van der Waals surface area contributed by atoms with Crippen molar-refractivity contribution in [2.45, 2.75) is 13.5 Å². The summed E-state index contributed by atoms with van der Waals surface area (Å²) in [7, 11) is 0. The van der Waals surface area contributed by atoms with E-state index in [1.165, 1.54) is 6.33 Å². The Hall–Kier alpha value is -1.88. The number of nitrogens with zero attached hydrogens (tertiary/aromatic N) is 2. The number of hydrogen-bond donors (Lipinski definition) is 2. The second-order valence-electron chi connectivity index (χ2n) is 3.58. The van der Waals surface area contributed by atoms with Crippen LogP contribution >= 0.6 is 11.6 Å². The quantitative estimate of drug-likeness (QED) is 0.871. The van der Waals surface area contributed by atoms with E-state index in [1.54, 1.807) is 12.1 Å². The van der Waals surface area contributed by atoms with Crippen molar-refractivity contribution in [1.29, 1.82) is 0 Å². The minimum atomic E-state index is -0.191. The number of aromatic amines is 1. The van der Waals surface area contributed by atoms with E-state index >= 15 is 0 Å². The van der Waals surface area contributed by atoms with Gasteiger partial charge in [0, 0.05) is 10.6 Å². The standard InChI is InChI=1S/C11H11ClN4O/c1-7-2-3-8(4-9(7)12)11(17)13-5-10-14-6-15-16-10/h2-4,6H,5H2,1H3,(H,13,17)(H,14,15,16). The van der Waals surface area contributed by atoms with Gasteiger partial charge in [0.25, 0.3) is 5.91 Å². The summed E-state index contributed by atoms with van der Waals surface area (Å²) in [5.41, 5.74) is 1.47. The predicted molar refractivity (Wildman–Crippen MR) is 63.7 cm³/mol. The third kappa shape index (κ3) is 2.82. The van der Waals surface area contributed by atoms with Crippen molar-refractivity contribution in [3.05, 3.63) is 46.5 Å². The summed E-state index contributed by atoms with van der Waals surface area (Å²) in [6.07, 6.45) is 1.39. The summed E-state index contributed by atoms with van der Waals surface area (Å²) >= 11 is 5.95. The molecule has 6 heteroatoms. The van der Waals surface area contributed by atoms with Gasteiger partial charge in [0.15, 0.2) is 0 Å². The molecule has 0 aliphatic carbocycles. The molecule has 1 heterocycles. The highest BCUT2D eigenvalue weighted by Gasteiger charge is 2.07. The molecular formula is C11H11ClN4O. The molecule has 0 aliphatic rings. The van der Waals surface area contributed by atoms with Gasteiger partial charge in [-0.05, 0) is 24.6 Å². The highest BCUT2D eigenvalue weighted by Crippen LogP contribution is 2.16. The van der Waals surface area contributed by atoms with E-state index in [1.807, 2.05) is 13.0 Å². The molecule has 1 amide bonds. The third-order valence-corrected chi connectivity index (χ3v) is 2.72. The number of amides is 1. The van der Waals surface area contributed by atoms with Crippen LogP contribution in [0.1, 0.15) is 21.7 Å². The van der Waals surface area contributed by atoms with Crippen LogP contribution in [0.2, 0.25) is 5.02 Å². The summed E-state index contributed by atoms with van der Waals surface area (Å²) in [6.45, 7) is 2.20. The third-order valence-electron chi connectivity index (χ3n) is 2.32. The number of halogens is 1. The second kappa shape index (κ2) is 4.97. The predicted octanol–water partition coefficient (Wildman–Crippen LogP) is 1.70. The van der Waals surface area contributed by atoms with Gasteiger partial charge in [-0.1, -0.05) is 17.7 Å². The number of H-pyrrole nitrogens is 1. The molecule has 1 aromatic heterocycles. The highest BCUT2D eigenvalue weighted by molar-refractivity contribution is 6.31. The number of hydrogen-bond acceptors (Lipinski definition) is 3. The van der Waals surface area contributed by atoms with Gasteiger partial charge in [-0.15, -0.1) is 0 Å². The van der Waals surface area contributed by atoms with E-state index in [0.717, 1.165) is 5.56 Å². The number of carbonyl (C=O) groups excluding carboxylic acids is 1. The highest BCUT2D eigenvalue weighted by atomic mass is 35.5. The van der Waals surface area contributed by atoms with E-state index in [0.29, 0.717) is 23.0 Å². The molecule has 2 rings (SSSR count). The fourth-order valence-corrected chi connectivity index (χ4v) is 1.50. The average molecular weight is 251 g/mol. The van der Waals surface area contributed by atoms with Gasteiger partial charge in [-0.25, -0.2) is 4.98 Å². The smallest absolute Gasteiger partial charge is 0.251 e. The van der Waals surface area contributed by atoms with E-state index in [4.69, 9.17) is 11.6 Å². The lowest BCUT2D eigenvalue weighted by molar-refractivity contribution is 0.0950. The lowest BCUT2D eigenvalue weighted by Crippen LogP contribution is -2.23. The van der Waals surface area contributed by atoms with E-state index < -0.39 is 0 Å². The average Bonchev–Trinajstić information content (AvgIpc) is 2.82. The van der Waals surface area contributed by atoms with Crippen LogP contribution in [-0.2, 0) is 6.54 Å². The van der Waals surface area contributed by atoms with Gasteiger partial charge in [0.05, 0.1) is 6.54 Å². The molecule has 0 spiro atoms. The number of aryl methyl sites for hydroxylation is 1. The number of benzene rings is 1. The molecule has 0 fully saturated rings. The van der Waals surface area contributed by atoms with Gasteiger partial charge in [-0.2, -0.15) is 5.10 Å². The number of rotatable bonds is 3. The molecule has 2 N–H and O–H groups in total. The molecule has 0 unspecified atom stereocenters. The van der Waals surface area contributed by atoms with Crippen LogP contribution in [0.15, 0.2) is 24.5 Å². The second-order valence-corrected chi connectivity index (χ2v) is 3.99. The zero-order valence-electron chi connectivity index (χ0n) is 9.20. The molecule has 88 valence electrons. The van der Waals surface area contributed by atoms with Crippen LogP contribution in [0.3, 0.4) is 0 Å². The summed E-state index contributed by atoms with van der Waals surface area (Å²) in [5, 5.41) is 9.65. The van der Waals surface area contributed by atoms with Crippen LogP contribution in [-0.4, -0.2) is 21.1 Å². The zero-order valence-corrected chi connectivity index (χ0v) is 9.95. The maximum atomic E-state index is 11.8. The van der Waals surface area contributed by atoms with E-state index in [-0.39, 0.29) is 5.91 Å². The zero-order chi connectivity index (χ0) is 12.3. The molecule has 17 heavy (non-hydrogen) atoms. The number of aromatic nitrogens is 3. The fourth-order valence-electron chi connectivity index (χ4n) is 1.32. The SMILES string of the molecule is Cc1ccc(C(=O)NCc2ncn[nH]2)cc1Cl. The van der Waals surface area contributed by atoms with Crippen molar-refractivity contribution in [3.8, 4) is 0 Å². The number of carbonyl (C=O) groups is 1. The number of nitrogens with one attached hydrogen (secondary N) is 2. The molecule has 2 aromatic rings. The van der Waals surface area contributed by atoms with Crippen LogP contribution < -0.4 is 5.32 Å².